The molecular formula is C18H20N2O6S2. The average Bonchev–Trinajstić information content (AvgIpc) is 3.33. The lowest BCUT2D eigenvalue weighted by molar-refractivity contribution is -0.118. The topological polar surface area (TPSA) is 111 Å². The first-order valence-electron chi connectivity index (χ1n) is 8.37. The van der Waals surface area contributed by atoms with E-state index < -0.39 is 11.9 Å². The van der Waals surface area contributed by atoms with Crippen molar-refractivity contribution in [2.75, 3.05) is 24.9 Å². The van der Waals surface area contributed by atoms with Crippen LogP contribution in [0.5, 0.6) is 0 Å². The van der Waals surface area contributed by atoms with E-state index in [-0.39, 0.29) is 24.7 Å². The molecule has 0 saturated carbocycles. The van der Waals surface area contributed by atoms with Crippen LogP contribution in [0.3, 0.4) is 0 Å². The van der Waals surface area contributed by atoms with Crippen LogP contribution in [0.4, 0.5) is 11.4 Å². The minimum absolute atomic E-state index is 0.218. The predicted molar refractivity (Wildman–Crippen MR) is 107 cm³/mol. The maximum atomic E-state index is 12.0. The van der Waals surface area contributed by atoms with Gasteiger partial charge in [0.25, 0.3) is 0 Å². The molecule has 2 N–H and O–H groups in total. The zero-order chi connectivity index (χ0) is 20.5. The number of nitrogens with one attached hydrogen (secondary N) is 2. The Kier molecular flexibility index (Phi) is 8.15. The van der Waals surface area contributed by atoms with Gasteiger partial charge in [0.15, 0.2) is 0 Å². The quantitative estimate of drug-likeness (QED) is 0.471. The Morgan fingerprint density at radius 2 is 1.18 bits per heavy atom. The molecule has 0 aliphatic carbocycles. The first-order valence-corrected chi connectivity index (χ1v) is 10.1. The van der Waals surface area contributed by atoms with Crippen LogP contribution in [-0.2, 0) is 19.1 Å². The lowest BCUT2D eigenvalue weighted by atomic mass is 10.1. The lowest BCUT2D eigenvalue weighted by Crippen LogP contribution is -2.15. The van der Waals surface area contributed by atoms with Crippen molar-refractivity contribution in [2.24, 2.45) is 0 Å². The molecule has 2 aromatic heterocycles. The Bertz CT molecular complexity index is 788. The minimum Gasteiger partial charge on any atom is -0.465 e. The van der Waals surface area contributed by atoms with Gasteiger partial charge in [0, 0.05) is 12.8 Å². The van der Waals surface area contributed by atoms with Crippen LogP contribution in [0.15, 0.2) is 22.9 Å². The largest absolute Gasteiger partial charge is 0.465 e. The van der Waals surface area contributed by atoms with E-state index in [0.717, 1.165) is 0 Å². The minimum atomic E-state index is -0.498. The van der Waals surface area contributed by atoms with Crippen molar-refractivity contribution in [1.82, 2.24) is 0 Å². The van der Waals surface area contributed by atoms with E-state index in [4.69, 9.17) is 0 Å². The van der Waals surface area contributed by atoms with Gasteiger partial charge >= 0.3 is 11.9 Å². The highest BCUT2D eigenvalue weighted by Gasteiger charge is 2.17. The third-order valence-corrected chi connectivity index (χ3v) is 5.47. The molecule has 0 fully saturated rings. The van der Waals surface area contributed by atoms with Gasteiger partial charge in [-0.3, -0.25) is 9.59 Å². The molecule has 2 amide bonds. The molecule has 150 valence electrons. The average molecular weight is 425 g/mol. The van der Waals surface area contributed by atoms with Gasteiger partial charge in [-0.2, -0.15) is 0 Å². The highest BCUT2D eigenvalue weighted by Crippen LogP contribution is 2.24. The van der Waals surface area contributed by atoms with E-state index >= 15 is 0 Å². The second-order valence-corrected chi connectivity index (χ2v) is 7.45. The number of hydrogen-bond donors (Lipinski definition) is 2. The lowest BCUT2D eigenvalue weighted by Gasteiger charge is -2.07. The van der Waals surface area contributed by atoms with Gasteiger partial charge < -0.3 is 20.1 Å². The molecule has 28 heavy (non-hydrogen) atoms. The number of esters is 2. The number of methoxy groups -OCH3 is 2. The molecule has 2 rings (SSSR count). The smallest absolute Gasteiger partial charge is 0.350 e. The molecule has 2 aromatic rings. The van der Waals surface area contributed by atoms with Gasteiger partial charge in [-0.05, 0) is 35.7 Å². The zero-order valence-electron chi connectivity index (χ0n) is 15.4. The summed E-state index contributed by atoms with van der Waals surface area (Å²) in [6, 6.07) is 3.28. The fourth-order valence-electron chi connectivity index (χ4n) is 2.31. The summed E-state index contributed by atoms with van der Waals surface area (Å²) in [5.74, 6) is -1.48. The number of hydrogen-bond acceptors (Lipinski definition) is 8. The summed E-state index contributed by atoms with van der Waals surface area (Å²) in [7, 11) is 2.56. The third kappa shape index (κ3) is 5.89. The molecule has 2 heterocycles. The highest BCUT2D eigenvalue weighted by atomic mass is 32.1. The summed E-state index contributed by atoms with van der Waals surface area (Å²) in [6.45, 7) is 0. The Morgan fingerprint density at radius 3 is 1.54 bits per heavy atom. The Hall–Kier alpha value is -2.72. The molecule has 0 aliphatic rings. The molecule has 0 radical (unpaired) electrons. The number of carbonyl (C=O) groups is 4. The maximum absolute atomic E-state index is 12.0. The SMILES string of the molecule is COC(=O)c1sccc1NC(=O)CCCCC(=O)Nc1ccsc1C(=O)OC. The van der Waals surface area contributed by atoms with E-state index in [9.17, 15) is 19.2 Å². The summed E-state index contributed by atoms with van der Waals surface area (Å²) < 4.78 is 9.33. The normalized spacial score (nSPS) is 10.2. The zero-order valence-corrected chi connectivity index (χ0v) is 17.0. The Morgan fingerprint density at radius 1 is 0.786 bits per heavy atom. The van der Waals surface area contributed by atoms with Gasteiger partial charge in [0.2, 0.25) is 11.8 Å². The molecular weight excluding hydrogens is 404 g/mol. The molecule has 0 aliphatic heterocycles. The molecule has 0 atom stereocenters. The predicted octanol–water partition coefficient (Wildman–Crippen LogP) is 3.52. The summed E-state index contributed by atoms with van der Waals surface area (Å²) in [6.07, 6.45) is 1.44. The molecule has 0 unspecified atom stereocenters. The molecule has 10 heteroatoms. The maximum Gasteiger partial charge on any atom is 0.350 e. The van der Waals surface area contributed by atoms with Crippen LogP contribution in [0.25, 0.3) is 0 Å². The number of unbranched alkanes of at least 4 members (excludes halogenated alkanes) is 1. The Balaban J connectivity index is 1.73. The molecule has 8 nitrogen and oxygen atoms in total. The third-order valence-electron chi connectivity index (χ3n) is 3.68. The number of anilines is 2. The fourth-order valence-corrected chi connectivity index (χ4v) is 3.85. The van der Waals surface area contributed by atoms with Crippen molar-refractivity contribution in [3.05, 3.63) is 32.6 Å². The van der Waals surface area contributed by atoms with Crippen molar-refractivity contribution in [2.45, 2.75) is 25.7 Å². The van der Waals surface area contributed by atoms with Crippen LogP contribution in [-0.4, -0.2) is 38.0 Å². The second-order valence-electron chi connectivity index (χ2n) is 5.61. The first-order chi connectivity index (χ1) is 13.5. The van der Waals surface area contributed by atoms with Crippen molar-refractivity contribution in [3.8, 4) is 0 Å². The monoisotopic (exact) mass is 424 g/mol. The second kappa shape index (κ2) is 10.6. The van der Waals surface area contributed by atoms with E-state index in [1.165, 1.54) is 36.9 Å². The highest BCUT2D eigenvalue weighted by molar-refractivity contribution is 7.13. The van der Waals surface area contributed by atoms with Crippen molar-refractivity contribution < 1.29 is 28.7 Å². The van der Waals surface area contributed by atoms with Gasteiger partial charge in [-0.25, -0.2) is 9.59 Å². The Labute approximate surface area is 169 Å². The standard InChI is InChI=1S/C18H20N2O6S2/c1-25-17(23)15-11(7-9-27-15)19-13(21)5-3-4-6-14(22)20-12-8-10-28-16(12)18(24)26-2/h7-10H,3-6H2,1-2H3,(H,19,21)(H,20,22). The molecule has 0 bridgehead atoms. The van der Waals surface area contributed by atoms with Crippen LogP contribution in [0, 0.1) is 0 Å². The van der Waals surface area contributed by atoms with Crippen LogP contribution in [0.1, 0.15) is 45.0 Å². The summed E-state index contributed by atoms with van der Waals surface area (Å²) >= 11 is 2.38. The summed E-state index contributed by atoms with van der Waals surface area (Å²) in [4.78, 5) is 47.9. The van der Waals surface area contributed by atoms with E-state index in [1.807, 2.05) is 0 Å². The number of thiophene rings is 2. The van der Waals surface area contributed by atoms with E-state index in [2.05, 4.69) is 20.1 Å². The van der Waals surface area contributed by atoms with E-state index in [1.54, 1.807) is 22.9 Å². The van der Waals surface area contributed by atoms with Crippen molar-refractivity contribution >= 4 is 57.8 Å². The summed E-state index contributed by atoms with van der Waals surface area (Å²) in [5.41, 5.74) is 0.847. The number of ether oxygens (including phenoxy) is 2. The van der Waals surface area contributed by atoms with Gasteiger partial charge in [-0.15, -0.1) is 22.7 Å². The first kappa shape index (κ1) is 21.6. The number of amides is 2. The molecule has 0 spiro atoms. The molecule has 0 saturated heterocycles. The van der Waals surface area contributed by atoms with Crippen LogP contribution < -0.4 is 10.6 Å². The number of carbonyl (C=O) groups excluding carboxylic acids is 4. The van der Waals surface area contributed by atoms with Crippen LogP contribution in [0.2, 0.25) is 0 Å². The van der Waals surface area contributed by atoms with Crippen molar-refractivity contribution in [1.29, 1.82) is 0 Å². The van der Waals surface area contributed by atoms with Gasteiger partial charge in [0.05, 0.1) is 25.6 Å². The van der Waals surface area contributed by atoms with E-state index in [0.29, 0.717) is 34.0 Å². The summed E-state index contributed by atoms with van der Waals surface area (Å²) in [5, 5.41) is 8.74. The van der Waals surface area contributed by atoms with Gasteiger partial charge in [-0.1, -0.05) is 0 Å². The number of rotatable bonds is 9. The van der Waals surface area contributed by atoms with Gasteiger partial charge in [0.1, 0.15) is 9.75 Å². The van der Waals surface area contributed by atoms with Crippen molar-refractivity contribution in [3.63, 3.8) is 0 Å². The fraction of sp³-hybridized carbons (Fsp3) is 0.333. The molecule has 0 aromatic carbocycles. The van der Waals surface area contributed by atoms with Crippen LogP contribution >= 0.6 is 22.7 Å².